The van der Waals surface area contributed by atoms with Crippen LogP contribution >= 0.6 is 0 Å². The molecule has 16 heavy (non-hydrogen) atoms. The Kier molecular flexibility index (Phi) is 3.67. The predicted molar refractivity (Wildman–Crippen MR) is 52.2 cm³/mol. The van der Waals surface area contributed by atoms with Gasteiger partial charge in [-0.1, -0.05) is 5.92 Å². The van der Waals surface area contributed by atoms with E-state index in [0.29, 0.717) is 6.61 Å². The van der Waals surface area contributed by atoms with Crippen molar-refractivity contribution in [1.82, 2.24) is 0 Å². The molecule has 0 aliphatic carbocycles. The van der Waals surface area contributed by atoms with Crippen LogP contribution in [-0.2, 0) is 0 Å². The SMILES string of the molecule is C#Cc1ccc(OCC)cc1OC(F)(F)F. The molecular weight excluding hydrogens is 221 g/mol. The van der Waals surface area contributed by atoms with E-state index in [9.17, 15) is 13.2 Å². The first-order valence-corrected chi connectivity index (χ1v) is 4.45. The van der Waals surface area contributed by atoms with Crippen LogP contribution in [0.1, 0.15) is 12.5 Å². The van der Waals surface area contributed by atoms with Crippen LogP contribution in [0, 0.1) is 12.3 Å². The highest BCUT2D eigenvalue weighted by Gasteiger charge is 2.32. The quantitative estimate of drug-likeness (QED) is 0.743. The van der Waals surface area contributed by atoms with Gasteiger partial charge in [-0.3, -0.25) is 0 Å². The van der Waals surface area contributed by atoms with Gasteiger partial charge in [-0.2, -0.15) is 0 Å². The summed E-state index contributed by atoms with van der Waals surface area (Å²) in [4.78, 5) is 0. The third kappa shape index (κ3) is 3.39. The summed E-state index contributed by atoms with van der Waals surface area (Å²) >= 11 is 0. The molecule has 0 amide bonds. The fourth-order valence-corrected chi connectivity index (χ4v) is 1.09. The smallest absolute Gasteiger partial charge is 0.494 e. The number of hydrogen-bond acceptors (Lipinski definition) is 2. The van der Waals surface area contributed by atoms with Gasteiger partial charge in [0, 0.05) is 6.07 Å². The normalized spacial score (nSPS) is 10.7. The zero-order chi connectivity index (χ0) is 12.2. The molecule has 0 radical (unpaired) electrons. The van der Waals surface area contributed by atoms with E-state index in [1.807, 2.05) is 0 Å². The molecule has 0 fully saturated rings. The fraction of sp³-hybridized carbons (Fsp3) is 0.273. The van der Waals surface area contributed by atoms with Crippen molar-refractivity contribution in [3.63, 3.8) is 0 Å². The molecule has 0 aliphatic rings. The van der Waals surface area contributed by atoms with Crippen LogP contribution in [0.5, 0.6) is 11.5 Å². The first kappa shape index (κ1) is 12.2. The van der Waals surface area contributed by atoms with E-state index in [2.05, 4.69) is 10.7 Å². The molecule has 0 saturated carbocycles. The number of hydrogen-bond donors (Lipinski definition) is 0. The molecule has 2 nitrogen and oxygen atoms in total. The molecule has 0 aliphatic heterocycles. The van der Waals surface area contributed by atoms with Gasteiger partial charge in [0.05, 0.1) is 12.2 Å². The Bertz CT molecular complexity index is 405. The molecule has 0 bridgehead atoms. The van der Waals surface area contributed by atoms with Crippen LogP contribution in [0.2, 0.25) is 0 Å². The Labute approximate surface area is 91.0 Å². The van der Waals surface area contributed by atoms with Crippen LogP contribution in [0.15, 0.2) is 18.2 Å². The summed E-state index contributed by atoms with van der Waals surface area (Å²) in [6.45, 7) is 2.07. The van der Waals surface area contributed by atoms with Crippen molar-refractivity contribution >= 4 is 0 Å². The maximum absolute atomic E-state index is 12.0. The van der Waals surface area contributed by atoms with Crippen LogP contribution in [0.4, 0.5) is 13.2 Å². The molecule has 1 aromatic rings. The Balaban J connectivity index is 3.03. The third-order valence-corrected chi connectivity index (χ3v) is 1.65. The summed E-state index contributed by atoms with van der Waals surface area (Å²) in [6, 6.07) is 3.94. The zero-order valence-electron chi connectivity index (χ0n) is 8.47. The van der Waals surface area contributed by atoms with E-state index < -0.39 is 12.1 Å². The Hall–Kier alpha value is -1.83. The summed E-state index contributed by atoms with van der Waals surface area (Å²) in [5.41, 5.74) is 0.0285. The topological polar surface area (TPSA) is 18.5 Å². The van der Waals surface area contributed by atoms with Crippen molar-refractivity contribution in [2.24, 2.45) is 0 Å². The molecule has 0 heterocycles. The van der Waals surface area contributed by atoms with Gasteiger partial charge in [0.1, 0.15) is 11.5 Å². The summed E-state index contributed by atoms with van der Waals surface area (Å²) in [5.74, 6) is 1.96. The van der Waals surface area contributed by atoms with Gasteiger partial charge in [-0.05, 0) is 19.1 Å². The van der Waals surface area contributed by atoms with Crippen LogP contribution < -0.4 is 9.47 Å². The van der Waals surface area contributed by atoms with Gasteiger partial charge in [-0.25, -0.2) is 0 Å². The van der Waals surface area contributed by atoms with Gasteiger partial charge in [0.2, 0.25) is 0 Å². The lowest BCUT2D eigenvalue weighted by molar-refractivity contribution is -0.274. The molecule has 0 atom stereocenters. The number of rotatable bonds is 3. The van der Waals surface area contributed by atoms with E-state index in [1.54, 1.807) is 6.92 Å². The number of alkyl halides is 3. The van der Waals surface area contributed by atoms with Crippen molar-refractivity contribution in [3.05, 3.63) is 23.8 Å². The van der Waals surface area contributed by atoms with E-state index in [-0.39, 0.29) is 11.3 Å². The maximum Gasteiger partial charge on any atom is 0.573 e. The summed E-state index contributed by atoms with van der Waals surface area (Å²) < 4.78 is 45.0. The third-order valence-electron chi connectivity index (χ3n) is 1.65. The van der Waals surface area contributed by atoms with Gasteiger partial charge in [0.15, 0.2) is 0 Å². The lowest BCUT2D eigenvalue weighted by atomic mass is 10.2. The van der Waals surface area contributed by atoms with E-state index in [1.165, 1.54) is 12.1 Å². The molecule has 0 N–H and O–H groups in total. The molecular formula is C11H9F3O2. The molecule has 0 saturated heterocycles. The molecule has 1 rings (SSSR count). The number of halogens is 3. The van der Waals surface area contributed by atoms with E-state index in [0.717, 1.165) is 6.07 Å². The largest absolute Gasteiger partial charge is 0.573 e. The highest BCUT2D eigenvalue weighted by atomic mass is 19.4. The van der Waals surface area contributed by atoms with Crippen LogP contribution in [-0.4, -0.2) is 13.0 Å². The summed E-state index contributed by atoms with van der Waals surface area (Å²) in [5, 5.41) is 0. The molecule has 1 aromatic carbocycles. The highest BCUT2D eigenvalue weighted by molar-refractivity contribution is 5.49. The van der Waals surface area contributed by atoms with Crippen molar-refractivity contribution < 1.29 is 22.6 Å². The second-order valence-electron chi connectivity index (χ2n) is 2.78. The second kappa shape index (κ2) is 4.79. The van der Waals surface area contributed by atoms with E-state index >= 15 is 0 Å². The Morgan fingerprint density at radius 1 is 1.38 bits per heavy atom. The van der Waals surface area contributed by atoms with Gasteiger partial charge in [0.25, 0.3) is 0 Å². The minimum atomic E-state index is -4.77. The lowest BCUT2D eigenvalue weighted by Crippen LogP contribution is -2.17. The van der Waals surface area contributed by atoms with Gasteiger partial charge < -0.3 is 9.47 Å². The molecule has 0 unspecified atom stereocenters. The molecule has 86 valence electrons. The van der Waals surface area contributed by atoms with Gasteiger partial charge in [-0.15, -0.1) is 19.6 Å². The number of ether oxygens (including phenoxy) is 2. The van der Waals surface area contributed by atoms with Crippen molar-refractivity contribution in [3.8, 4) is 23.8 Å². The minimum absolute atomic E-state index is 0.0285. The Morgan fingerprint density at radius 2 is 2.06 bits per heavy atom. The average Bonchev–Trinajstić information content (AvgIpc) is 2.16. The first-order valence-electron chi connectivity index (χ1n) is 4.45. The monoisotopic (exact) mass is 230 g/mol. The van der Waals surface area contributed by atoms with Crippen molar-refractivity contribution in [2.45, 2.75) is 13.3 Å². The highest BCUT2D eigenvalue weighted by Crippen LogP contribution is 2.29. The van der Waals surface area contributed by atoms with E-state index in [4.69, 9.17) is 11.2 Å². The van der Waals surface area contributed by atoms with Gasteiger partial charge >= 0.3 is 6.36 Å². The standard InChI is InChI=1S/C11H9F3O2/c1-3-8-5-6-9(15-4-2)7-10(8)16-11(12,13)14/h1,5-7H,4H2,2H3. The maximum atomic E-state index is 12.0. The number of terminal acetylenes is 1. The summed E-state index contributed by atoms with van der Waals surface area (Å²) in [6.07, 6.45) is 0.288. The Morgan fingerprint density at radius 3 is 2.56 bits per heavy atom. The van der Waals surface area contributed by atoms with Crippen molar-refractivity contribution in [2.75, 3.05) is 6.61 Å². The molecule has 0 spiro atoms. The molecule has 5 heteroatoms. The zero-order valence-corrected chi connectivity index (χ0v) is 8.47. The minimum Gasteiger partial charge on any atom is -0.494 e. The molecule has 0 aromatic heterocycles. The predicted octanol–water partition coefficient (Wildman–Crippen LogP) is 2.97. The lowest BCUT2D eigenvalue weighted by Gasteiger charge is -2.12. The van der Waals surface area contributed by atoms with Crippen LogP contribution in [0.3, 0.4) is 0 Å². The summed E-state index contributed by atoms with van der Waals surface area (Å²) in [7, 11) is 0. The second-order valence-corrected chi connectivity index (χ2v) is 2.78. The number of benzene rings is 1. The average molecular weight is 230 g/mol. The first-order chi connectivity index (χ1) is 7.46. The fourth-order valence-electron chi connectivity index (χ4n) is 1.09. The van der Waals surface area contributed by atoms with Crippen LogP contribution in [0.25, 0.3) is 0 Å². The van der Waals surface area contributed by atoms with Crippen molar-refractivity contribution in [1.29, 1.82) is 0 Å².